The minimum atomic E-state index is -4.56. The van der Waals surface area contributed by atoms with Crippen molar-refractivity contribution in [1.29, 1.82) is 0 Å². The summed E-state index contributed by atoms with van der Waals surface area (Å²) < 4.78 is 45.8. The molecule has 3 aromatic rings. The first-order valence-corrected chi connectivity index (χ1v) is 9.35. The summed E-state index contributed by atoms with van der Waals surface area (Å²) in [6, 6.07) is 7.87. The molecule has 2 aromatic carbocycles. The molecular formula is C20H17F3N2O3S. The number of ether oxygens (including phenoxy) is 1. The Kier molecular flexibility index (Phi) is 5.61. The molecule has 0 atom stereocenters. The number of benzene rings is 2. The van der Waals surface area contributed by atoms with Crippen LogP contribution in [-0.4, -0.2) is 23.6 Å². The van der Waals surface area contributed by atoms with Gasteiger partial charge in [-0.05, 0) is 55.3 Å². The molecule has 0 bridgehead atoms. The number of thiazole rings is 1. The first kappa shape index (κ1) is 20.8. The van der Waals surface area contributed by atoms with Crippen LogP contribution in [-0.2, 0) is 22.3 Å². The van der Waals surface area contributed by atoms with Crippen molar-refractivity contribution in [3.05, 3.63) is 63.5 Å². The Bertz CT molecular complexity index is 1180. The second-order valence-electron chi connectivity index (χ2n) is 6.45. The van der Waals surface area contributed by atoms with Gasteiger partial charge in [-0.1, -0.05) is 17.4 Å². The van der Waals surface area contributed by atoms with Gasteiger partial charge in [-0.25, -0.2) is 0 Å². The van der Waals surface area contributed by atoms with Crippen molar-refractivity contribution in [3.63, 3.8) is 0 Å². The number of esters is 1. The zero-order valence-electron chi connectivity index (χ0n) is 15.8. The summed E-state index contributed by atoms with van der Waals surface area (Å²) in [7, 11) is 1.25. The molecule has 0 aliphatic heterocycles. The van der Waals surface area contributed by atoms with Crippen molar-refractivity contribution in [2.45, 2.75) is 26.6 Å². The molecule has 152 valence electrons. The highest BCUT2D eigenvalue weighted by atomic mass is 32.1. The molecule has 0 N–H and O–H groups in total. The second kappa shape index (κ2) is 7.82. The minimum absolute atomic E-state index is 0.173. The molecular weight excluding hydrogens is 405 g/mol. The number of amides is 1. The van der Waals surface area contributed by atoms with Crippen LogP contribution >= 0.6 is 11.3 Å². The largest absolute Gasteiger partial charge is 0.468 e. The molecule has 1 heterocycles. The van der Waals surface area contributed by atoms with Crippen molar-refractivity contribution in [1.82, 2.24) is 4.57 Å². The molecule has 0 aliphatic carbocycles. The van der Waals surface area contributed by atoms with Crippen molar-refractivity contribution in [3.8, 4) is 0 Å². The summed E-state index contributed by atoms with van der Waals surface area (Å²) in [6.45, 7) is 3.68. The molecule has 3 rings (SSSR count). The number of rotatable bonds is 3. The highest BCUT2D eigenvalue weighted by Crippen LogP contribution is 2.29. The number of carbonyl (C=O) groups is 2. The Morgan fingerprint density at radius 2 is 1.83 bits per heavy atom. The average Bonchev–Trinajstić information content (AvgIpc) is 2.97. The van der Waals surface area contributed by atoms with Gasteiger partial charge < -0.3 is 9.30 Å². The second-order valence-corrected chi connectivity index (χ2v) is 7.46. The molecule has 9 heteroatoms. The molecule has 1 aromatic heterocycles. The standard InChI is InChI=1S/C20H17F3N2O3S/c1-11-7-15-16(8-12(11)2)29-19(25(15)10-17(26)28-3)24-18(27)13-5-4-6-14(9-13)20(21,22)23/h4-9H,10H2,1-3H3. The summed E-state index contributed by atoms with van der Waals surface area (Å²) in [5.74, 6) is -1.36. The zero-order chi connectivity index (χ0) is 21.3. The number of nitrogens with zero attached hydrogens (tertiary/aromatic N) is 2. The van der Waals surface area contributed by atoms with Gasteiger partial charge in [0.2, 0.25) is 0 Å². The number of hydrogen-bond donors (Lipinski definition) is 0. The normalized spacial score (nSPS) is 12.4. The number of methoxy groups -OCH3 is 1. The molecule has 29 heavy (non-hydrogen) atoms. The van der Waals surface area contributed by atoms with Gasteiger partial charge >= 0.3 is 12.1 Å². The van der Waals surface area contributed by atoms with Gasteiger partial charge in [0.15, 0.2) is 4.80 Å². The SMILES string of the molecule is COC(=O)Cn1c(=NC(=O)c2cccc(C(F)(F)F)c2)sc2cc(C)c(C)cc21. The van der Waals surface area contributed by atoms with Crippen molar-refractivity contribution in [2.75, 3.05) is 7.11 Å². The quantitative estimate of drug-likeness (QED) is 0.593. The first-order chi connectivity index (χ1) is 13.6. The van der Waals surface area contributed by atoms with E-state index >= 15 is 0 Å². The van der Waals surface area contributed by atoms with E-state index in [-0.39, 0.29) is 16.9 Å². The number of halogens is 3. The smallest absolute Gasteiger partial charge is 0.416 e. The summed E-state index contributed by atoms with van der Waals surface area (Å²) >= 11 is 1.18. The predicted octanol–water partition coefficient (Wildman–Crippen LogP) is 4.25. The lowest BCUT2D eigenvalue weighted by Gasteiger charge is -2.07. The van der Waals surface area contributed by atoms with Gasteiger partial charge in [0.1, 0.15) is 6.54 Å². The van der Waals surface area contributed by atoms with E-state index in [0.29, 0.717) is 5.52 Å². The highest BCUT2D eigenvalue weighted by Gasteiger charge is 2.30. The number of fused-ring (bicyclic) bond motifs is 1. The number of aromatic nitrogens is 1. The van der Waals surface area contributed by atoms with Crippen LogP contribution in [0.5, 0.6) is 0 Å². The number of hydrogen-bond acceptors (Lipinski definition) is 4. The fraction of sp³-hybridized carbons (Fsp3) is 0.250. The number of aryl methyl sites for hydroxylation is 2. The van der Waals surface area contributed by atoms with E-state index in [4.69, 9.17) is 4.74 Å². The molecule has 0 unspecified atom stereocenters. The maximum atomic E-state index is 12.9. The van der Waals surface area contributed by atoms with Crippen LogP contribution in [0.2, 0.25) is 0 Å². The third-order valence-corrected chi connectivity index (χ3v) is 5.49. The lowest BCUT2D eigenvalue weighted by atomic mass is 10.1. The zero-order valence-corrected chi connectivity index (χ0v) is 16.6. The summed E-state index contributed by atoms with van der Waals surface area (Å²) in [4.78, 5) is 28.6. The molecule has 0 saturated heterocycles. The van der Waals surface area contributed by atoms with Gasteiger partial charge in [0, 0.05) is 5.56 Å². The van der Waals surface area contributed by atoms with Crippen LogP contribution in [0.15, 0.2) is 41.4 Å². The average molecular weight is 422 g/mol. The van der Waals surface area contributed by atoms with E-state index < -0.39 is 23.6 Å². The molecule has 1 amide bonds. The van der Waals surface area contributed by atoms with Crippen molar-refractivity contribution >= 4 is 33.4 Å². The topological polar surface area (TPSA) is 60.7 Å². The summed E-state index contributed by atoms with van der Waals surface area (Å²) in [5, 5.41) is 0. The van der Waals surface area contributed by atoms with Crippen LogP contribution in [0.25, 0.3) is 10.2 Å². The maximum Gasteiger partial charge on any atom is 0.416 e. The number of carbonyl (C=O) groups excluding carboxylic acids is 2. The van der Waals surface area contributed by atoms with Crippen LogP contribution in [0.3, 0.4) is 0 Å². The van der Waals surface area contributed by atoms with Gasteiger partial charge in [0.05, 0.1) is 22.9 Å². The third kappa shape index (κ3) is 4.40. The fourth-order valence-electron chi connectivity index (χ4n) is 2.73. The first-order valence-electron chi connectivity index (χ1n) is 8.54. The van der Waals surface area contributed by atoms with E-state index in [0.717, 1.165) is 34.0 Å². The van der Waals surface area contributed by atoms with E-state index in [9.17, 15) is 22.8 Å². The minimum Gasteiger partial charge on any atom is -0.468 e. The number of alkyl halides is 3. The van der Waals surface area contributed by atoms with Crippen LogP contribution in [0.1, 0.15) is 27.0 Å². The van der Waals surface area contributed by atoms with E-state index in [2.05, 4.69) is 4.99 Å². The Labute approximate surface area is 168 Å². The lowest BCUT2D eigenvalue weighted by Crippen LogP contribution is -2.22. The fourth-order valence-corrected chi connectivity index (χ4v) is 3.84. The maximum absolute atomic E-state index is 12.9. The Hall–Kier alpha value is -2.94. The Morgan fingerprint density at radius 3 is 2.48 bits per heavy atom. The van der Waals surface area contributed by atoms with Gasteiger partial charge in [-0.2, -0.15) is 18.2 Å². The van der Waals surface area contributed by atoms with Gasteiger partial charge in [0.25, 0.3) is 5.91 Å². The molecule has 5 nitrogen and oxygen atoms in total. The predicted molar refractivity (Wildman–Crippen MR) is 103 cm³/mol. The summed E-state index contributed by atoms with van der Waals surface area (Å²) in [5.41, 5.74) is 1.60. The van der Waals surface area contributed by atoms with E-state index in [1.165, 1.54) is 29.1 Å². The van der Waals surface area contributed by atoms with Gasteiger partial charge in [-0.15, -0.1) is 0 Å². The lowest BCUT2D eigenvalue weighted by molar-refractivity contribution is -0.141. The van der Waals surface area contributed by atoms with Crippen LogP contribution in [0.4, 0.5) is 13.2 Å². The van der Waals surface area contributed by atoms with Crippen LogP contribution < -0.4 is 4.80 Å². The molecule has 0 fully saturated rings. The van der Waals surface area contributed by atoms with Crippen molar-refractivity contribution < 1.29 is 27.5 Å². The Balaban J connectivity index is 2.15. The summed E-state index contributed by atoms with van der Waals surface area (Å²) in [6.07, 6.45) is -4.56. The van der Waals surface area contributed by atoms with Crippen LogP contribution in [0, 0.1) is 13.8 Å². The van der Waals surface area contributed by atoms with Crippen molar-refractivity contribution in [2.24, 2.45) is 4.99 Å². The molecule has 0 aliphatic rings. The third-order valence-electron chi connectivity index (χ3n) is 4.45. The highest BCUT2D eigenvalue weighted by molar-refractivity contribution is 7.16. The molecule has 0 saturated carbocycles. The monoisotopic (exact) mass is 422 g/mol. The van der Waals surface area contributed by atoms with E-state index in [1.807, 2.05) is 26.0 Å². The molecule has 0 radical (unpaired) electrons. The molecule has 0 spiro atoms. The van der Waals surface area contributed by atoms with E-state index in [1.54, 1.807) is 0 Å². The Morgan fingerprint density at radius 1 is 1.14 bits per heavy atom. The van der Waals surface area contributed by atoms with Gasteiger partial charge in [-0.3, -0.25) is 9.59 Å².